The molecule has 0 heterocycles. The molecule has 0 aromatic rings. The molecule has 0 rings (SSSR count). The van der Waals surface area contributed by atoms with Gasteiger partial charge in [-0.25, -0.2) is 14.4 Å². The number of hydrogen-bond donors (Lipinski definition) is 0. The Morgan fingerprint density at radius 2 is 1.69 bits per heavy atom. The summed E-state index contributed by atoms with van der Waals surface area (Å²) in [6.45, 7) is 2.87. The first-order valence-corrected chi connectivity index (χ1v) is 4.58. The average Bonchev–Trinajstić information content (AvgIpc) is 2.22. The van der Waals surface area contributed by atoms with Crippen LogP contribution in [0.4, 0.5) is 0 Å². The predicted molar refractivity (Wildman–Crippen MR) is 53.3 cm³/mol. The number of methoxy groups -OCH3 is 1. The third-order valence-corrected chi connectivity index (χ3v) is 1.26. The second-order valence-electron chi connectivity index (χ2n) is 3.00. The van der Waals surface area contributed by atoms with Gasteiger partial charge in [-0.2, -0.15) is 0 Å². The molecule has 0 aromatic carbocycles. The van der Waals surface area contributed by atoms with Crippen molar-refractivity contribution in [3.05, 3.63) is 12.2 Å². The minimum Gasteiger partial charge on any atom is -0.466 e. The Hall–Kier alpha value is -1.85. The Balaban J connectivity index is 3.86. The van der Waals surface area contributed by atoms with Crippen molar-refractivity contribution in [3.8, 4) is 0 Å². The molecule has 0 bridgehead atoms. The van der Waals surface area contributed by atoms with Gasteiger partial charge in [-0.1, -0.05) is 0 Å². The molecule has 0 spiro atoms. The molecule has 16 heavy (non-hydrogen) atoms. The lowest BCUT2D eigenvalue weighted by atomic mass is 10.5. The van der Waals surface area contributed by atoms with Crippen LogP contribution >= 0.6 is 0 Å². The zero-order valence-electron chi connectivity index (χ0n) is 9.39. The first-order chi connectivity index (χ1) is 7.45. The van der Waals surface area contributed by atoms with Crippen molar-refractivity contribution in [2.45, 2.75) is 20.0 Å². The van der Waals surface area contributed by atoms with E-state index in [0.717, 1.165) is 12.2 Å². The molecule has 0 atom stereocenters. The third-order valence-electron chi connectivity index (χ3n) is 1.26. The second-order valence-corrected chi connectivity index (χ2v) is 3.00. The maximum atomic E-state index is 10.9. The maximum Gasteiger partial charge on any atom is 0.344 e. The molecular formula is C10H14O6. The van der Waals surface area contributed by atoms with Crippen LogP contribution < -0.4 is 0 Å². The summed E-state index contributed by atoms with van der Waals surface area (Å²) in [6, 6.07) is 0. The molecule has 0 aliphatic heterocycles. The Kier molecular flexibility index (Phi) is 6.58. The summed E-state index contributed by atoms with van der Waals surface area (Å²) in [7, 11) is 1.18. The van der Waals surface area contributed by atoms with Crippen LogP contribution in [0.25, 0.3) is 0 Å². The fourth-order valence-electron chi connectivity index (χ4n) is 0.679. The van der Waals surface area contributed by atoms with E-state index >= 15 is 0 Å². The van der Waals surface area contributed by atoms with E-state index in [0.29, 0.717) is 0 Å². The van der Waals surface area contributed by atoms with Gasteiger partial charge in [0.15, 0.2) is 6.61 Å². The topological polar surface area (TPSA) is 78.9 Å². The summed E-state index contributed by atoms with van der Waals surface area (Å²) < 4.78 is 13.5. The van der Waals surface area contributed by atoms with Gasteiger partial charge in [0, 0.05) is 12.2 Å². The smallest absolute Gasteiger partial charge is 0.344 e. The summed E-state index contributed by atoms with van der Waals surface area (Å²) >= 11 is 0. The molecule has 0 aromatic heterocycles. The van der Waals surface area contributed by atoms with Crippen LogP contribution in [0.1, 0.15) is 13.8 Å². The van der Waals surface area contributed by atoms with Crippen LogP contribution in [0.5, 0.6) is 0 Å². The van der Waals surface area contributed by atoms with E-state index in [4.69, 9.17) is 4.74 Å². The van der Waals surface area contributed by atoms with Crippen molar-refractivity contribution in [3.63, 3.8) is 0 Å². The molecule has 0 radical (unpaired) electrons. The zero-order chi connectivity index (χ0) is 12.6. The van der Waals surface area contributed by atoms with Gasteiger partial charge in [0.2, 0.25) is 0 Å². The lowest BCUT2D eigenvalue weighted by molar-refractivity contribution is -0.158. The van der Waals surface area contributed by atoms with Crippen molar-refractivity contribution in [1.29, 1.82) is 0 Å². The summed E-state index contributed by atoms with van der Waals surface area (Å²) in [5.41, 5.74) is 0. The van der Waals surface area contributed by atoms with E-state index in [9.17, 15) is 14.4 Å². The molecule has 0 fully saturated rings. The van der Waals surface area contributed by atoms with Crippen LogP contribution in [-0.4, -0.2) is 37.7 Å². The Morgan fingerprint density at radius 3 is 2.19 bits per heavy atom. The van der Waals surface area contributed by atoms with Gasteiger partial charge in [-0.15, -0.1) is 0 Å². The highest BCUT2D eigenvalue weighted by Gasteiger charge is 2.08. The first kappa shape index (κ1) is 14.2. The van der Waals surface area contributed by atoms with Crippen LogP contribution in [0.15, 0.2) is 12.2 Å². The highest BCUT2D eigenvalue weighted by molar-refractivity contribution is 5.92. The minimum absolute atomic E-state index is 0.267. The van der Waals surface area contributed by atoms with E-state index in [1.807, 2.05) is 0 Å². The van der Waals surface area contributed by atoms with Crippen LogP contribution in [0.3, 0.4) is 0 Å². The van der Waals surface area contributed by atoms with Crippen molar-refractivity contribution >= 4 is 17.9 Å². The Labute approximate surface area is 93.2 Å². The van der Waals surface area contributed by atoms with Gasteiger partial charge in [0.25, 0.3) is 0 Å². The van der Waals surface area contributed by atoms with Gasteiger partial charge >= 0.3 is 17.9 Å². The van der Waals surface area contributed by atoms with Gasteiger partial charge in [-0.05, 0) is 13.8 Å². The monoisotopic (exact) mass is 230 g/mol. The molecule has 0 saturated carbocycles. The fourth-order valence-corrected chi connectivity index (χ4v) is 0.679. The fraction of sp³-hybridized carbons (Fsp3) is 0.500. The molecule has 0 unspecified atom stereocenters. The van der Waals surface area contributed by atoms with Crippen molar-refractivity contribution in [2.24, 2.45) is 0 Å². The number of carbonyl (C=O) groups excluding carboxylic acids is 3. The molecule has 0 aliphatic rings. The molecule has 90 valence electrons. The third kappa shape index (κ3) is 7.54. The highest BCUT2D eigenvalue weighted by Crippen LogP contribution is 1.91. The SMILES string of the molecule is COC(=O)/C=C\C(=O)OCC(=O)OC(C)C. The van der Waals surface area contributed by atoms with Crippen LogP contribution in [0.2, 0.25) is 0 Å². The minimum atomic E-state index is -0.814. The van der Waals surface area contributed by atoms with E-state index in [-0.39, 0.29) is 6.10 Å². The zero-order valence-corrected chi connectivity index (χ0v) is 9.39. The molecular weight excluding hydrogens is 216 g/mol. The predicted octanol–water partition coefficient (Wildman–Crippen LogP) is 0.210. The second kappa shape index (κ2) is 7.44. The Bertz CT molecular complexity index is 292. The average molecular weight is 230 g/mol. The maximum absolute atomic E-state index is 10.9. The number of esters is 3. The van der Waals surface area contributed by atoms with E-state index in [1.54, 1.807) is 13.8 Å². The quantitative estimate of drug-likeness (QED) is 0.381. The summed E-state index contributed by atoms with van der Waals surface area (Å²) in [6.07, 6.45) is 1.50. The molecule has 0 N–H and O–H groups in total. The first-order valence-electron chi connectivity index (χ1n) is 4.58. The van der Waals surface area contributed by atoms with Gasteiger partial charge in [0.1, 0.15) is 0 Å². The number of rotatable bonds is 5. The van der Waals surface area contributed by atoms with E-state index in [2.05, 4.69) is 9.47 Å². The molecule has 0 saturated heterocycles. The summed E-state index contributed by atoms with van der Waals surface area (Å²) in [5.74, 6) is -2.14. The standard InChI is InChI=1S/C10H14O6/c1-7(2)16-10(13)6-15-9(12)5-4-8(11)14-3/h4-5,7H,6H2,1-3H3/b5-4-. The van der Waals surface area contributed by atoms with Crippen molar-refractivity contribution in [2.75, 3.05) is 13.7 Å². The summed E-state index contributed by atoms with van der Waals surface area (Å²) in [4.78, 5) is 32.5. The number of carbonyl (C=O) groups is 3. The lowest BCUT2D eigenvalue weighted by Gasteiger charge is -2.07. The van der Waals surface area contributed by atoms with Gasteiger partial charge in [-0.3, -0.25) is 0 Å². The van der Waals surface area contributed by atoms with Gasteiger partial charge < -0.3 is 14.2 Å². The van der Waals surface area contributed by atoms with E-state index < -0.39 is 24.5 Å². The number of ether oxygens (including phenoxy) is 3. The Morgan fingerprint density at radius 1 is 1.12 bits per heavy atom. The normalized spacial score (nSPS) is 10.2. The molecule has 0 amide bonds. The molecule has 0 aliphatic carbocycles. The molecule has 6 heteroatoms. The van der Waals surface area contributed by atoms with Crippen molar-refractivity contribution < 1.29 is 28.6 Å². The van der Waals surface area contributed by atoms with Gasteiger partial charge in [0.05, 0.1) is 13.2 Å². The summed E-state index contributed by atoms with van der Waals surface area (Å²) in [5, 5.41) is 0. The van der Waals surface area contributed by atoms with Crippen molar-refractivity contribution in [1.82, 2.24) is 0 Å². The largest absolute Gasteiger partial charge is 0.466 e. The van der Waals surface area contributed by atoms with Crippen LogP contribution in [-0.2, 0) is 28.6 Å². The number of hydrogen-bond acceptors (Lipinski definition) is 6. The highest BCUT2D eigenvalue weighted by atomic mass is 16.6. The molecule has 6 nitrogen and oxygen atoms in total. The lowest BCUT2D eigenvalue weighted by Crippen LogP contribution is -2.18. The van der Waals surface area contributed by atoms with Crippen LogP contribution in [0, 0.1) is 0 Å². The van der Waals surface area contributed by atoms with E-state index in [1.165, 1.54) is 7.11 Å².